The molecule has 0 fully saturated rings. The van der Waals surface area contributed by atoms with Gasteiger partial charge in [-0.1, -0.05) is 174 Å². The van der Waals surface area contributed by atoms with Crippen molar-refractivity contribution in [2.75, 3.05) is 4.90 Å². The zero-order chi connectivity index (χ0) is 42.1. The molecule has 2 heterocycles. The number of nitrogens with zero attached hydrogens (tertiary/aromatic N) is 2. The lowest BCUT2D eigenvalue weighted by molar-refractivity contribution is 0.886. The summed E-state index contributed by atoms with van der Waals surface area (Å²) in [4.78, 5) is 2.28. The molecule has 298 valence electrons. The summed E-state index contributed by atoms with van der Waals surface area (Å²) in [5.74, 6) is 0. The zero-order valence-corrected chi connectivity index (χ0v) is 35.6. The van der Waals surface area contributed by atoms with Crippen LogP contribution in [0.3, 0.4) is 0 Å². The van der Waals surface area contributed by atoms with Crippen molar-refractivity contribution in [1.29, 1.82) is 5.41 Å². The van der Waals surface area contributed by atoms with Crippen LogP contribution in [0.1, 0.15) is 62.8 Å². The van der Waals surface area contributed by atoms with Crippen LogP contribution >= 0.6 is 0 Å². The number of aromatic nitrogens is 1. The zero-order valence-electron chi connectivity index (χ0n) is 35.6. The lowest BCUT2D eigenvalue weighted by Crippen LogP contribution is -2.16. The fourth-order valence-electron chi connectivity index (χ4n) is 7.22. The third-order valence-corrected chi connectivity index (χ3v) is 10.5. The van der Waals surface area contributed by atoms with Gasteiger partial charge < -0.3 is 14.9 Å². The van der Waals surface area contributed by atoms with E-state index in [1.807, 2.05) is 19.1 Å². The van der Waals surface area contributed by atoms with Gasteiger partial charge in [-0.05, 0) is 102 Å². The number of para-hydroxylation sites is 2. The Morgan fingerprint density at radius 1 is 0.678 bits per heavy atom. The maximum atomic E-state index is 8.12. The van der Waals surface area contributed by atoms with Crippen LogP contribution in [0.15, 0.2) is 195 Å². The van der Waals surface area contributed by atoms with Crippen LogP contribution in [0, 0.1) is 12.3 Å². The van der Waals surface area contributed by atoms with E-state index in [1.54, 1.807) is 0 Å². The lowest BCUT2D eigenvalue weighted by atomic mass is 9.99. The molecule has 1 N–H and O–H groups in total. The minimum absolute atomic E-state index is 0.776. The Labute approximate surface area is 353 Å². The van der Waals surface area contributed by atoms with Crippen molar-refractivity contribution in [3.05, 3.63) is 218 Å². The second-order valence-corrected chi connectivity index (χ2v) is 14.3. The van der Waals surface area contributed by atoms with Gasteiger partial charge >= 0.3 is 0 Å². The van der Waals surface area contributed by atoms with Crippen LogP contribution in [0.4, 0.5) is 11.4 Å². The van der Waals surface area contributed by atoms with Gasteiger partial charge in [-0.2, -0.15) is 0 Å². The highest BCUT2D eigenvalue weighted by Crippen LogP contribution is 2.39. The summed E-state index contributed by atoms with van der Waals surface area (Å²) in [6.45, 7) is 21.3. The van der Waals surface area contributed by atoms with Gasteiger partial charge in [0, 0.05) is 34.1 Å². The Hall–Kier alpha value is -6.71. The molecule has 0 bridgehead atoms. The fourth-order valence-corrected chi connectivity index (χ4v) is 7.22. The SMILES string of the molecule is C=C.C=C1/C=C\C(c2ccc3c4ccccc4n(/C(C=N)=C/C)c3c2)=C/Cc2ccccc2N1c1ccc(C)c(-c2ccccc2)c1.CCCC.CCc1ccccc1. The number of fused-ring (bicyclic) bond motifs is 4. The molecule has 0 saturated carbocycles. The normalized spacial score (nSPS) is 13.7. The summed E-state index contributed by atoms with van der Waals surface area (Å²) in [6.07, 6.45) is 14.6. The number of aryl methyl sites for hydroxylation is 2. The molecule has 0 aliphatic carbocycles. The van der Waals surface area contributed by atoms with Gasteiger partial charge in [0.25, 0.3) is 0 Å². The minimum Gasteiger partial charge on any atom is -0.311 e. The summed E-state index contributed by atoms with van der Waals surface area (Å²) in [7, 11) is 0. The number of hydrogen-bond acceptors (Lipinski definition) is 2. The average Bonchev–Trinajstić information content (AvgIpc) is 3.65. The van der Waals surface area contributed by atoms with E-state index in [1.165, 1.54) is 57.6 Å². The first-order valence-corrected chi connectivity index (χ1v) is 20.8. The van der Waals surface area contributed by atoms with Crippen LogP contribution in [0.2, 0.25) is 0 Å². The molecular formula is C56H59N3. The number of anilines is 2. The van der Waals surface area contributed by atoms with E-state index in [4.69, 9.17) is 5.41 Å². The number of unbranched alkanes of at least 4 members (excludes halogenated alkanes) is 1. The molecule has 6 aromatic carbocycles. The Kier molecular flexibility index (Phi) is 16.0. The minimum atomic E-state index is 0.776. The summed E-state index contributed by atoms with van der Waals surface area (Å²) in [5, 5.41) is 10.5. The third-order valence-electron chi connectivity index (χ3n) is 10.5. The van der Waals surface area contributed by atoms with Crippen molar-refractivity contribution in [2.45, 2.75) is 60.3 Å². The van der Waals surface area contributed by atoms with Crippen LogP contribution < -0.4 is 4.90 Å². The molecule has 0 unspecified atom stereocenters. The maximum absolute atomic E-state index is 8.12. The van der Waals surface area contributed by atoms with E-state index < -0.39 is 0 Å². The average molecular weight is 774 g/mol. The van der Waals surface area contributed by atoms with E-state index in [0.29, 0.717) is 0 Å². The van der Waals surface area contributed by atoms with Gasteiger partial charge in [-0.15, -0.1) is 13.2 Å². The monoisotopic (exact) mass is 773 g/mol. The van der Waals surface area contributed by atoms with Crippen LogP contribution in [0.5, 0.6) is 0 Å². The Morgan fingerprint density at radius 2 is 1.32 bits per heavy atom. The first-order chi connectivity index (χ1) is 28.9. The molecule has 1 aliphatic rings. The number of nitrogens with one attached hydrogen (secondary N) is 1. The molecular weight excluding hydrogens is 715 g/mol. The molecule has 0 radical (unpaired) electrons. The summed E-state index contributed by atoms with van der Waals surface area (Å²) >= 11 is 0. The summed E-state index contributed by atoms with van der Waals surface area (Å²) < 4.78 is 2.19. The third kappa shape index (κ3) is 10.2. The molecule has 1 aromatic heterocycles. The maximum Gasteiger partial charge on any atom is 0.0595 e. The van der Waals surface area contributed by atoms with Gasteiger partial charge in [-0.3, -0.25) is 0 Å². The quantitative estimate of drug-likeness (QED) is 0.127. The van der Waals surface area contributed by atoms with Crippen molar-refractivity contribution in [1.82, 2.24) is 4.57 Å². The van der Waals surface area contributed by atoms with Gasteiger partial charge in [0.15, 0.2) is 0 Å². The van der Waals surface area contributed by atoms with E-state index in [-0.39, 0.29) is 0 Å². The van der Waals surface area contributed by atoms with E-state index >= 15 is 0 Å². The van der Waals surface area contributed by atoms with Crippen molar-refractivity contribution >= 4 is 50.7 Å². The first kappa shape index (κ1) is 43.4. The van der Waals surface area contributed by atoms with Crippen molar-refractivity contribution in [3.8, 4) is 11.1 Å². The molecule has 0 amide bonds. The summed E-state index contributed by atoms with van der Waals surface area (Å²) in [6, 6.07) is 51.4. The molecule has 0 spiro atoms. The smallest absolute Gasteiger partial charge is 0.0595 e. The van der Waals surface area contributed by atoms with Crippen LogP contribution in [-0.2, 0) is 12.8 Å². The lowest BCUT2D eigenvalue weighted by Gasteiger charge is -2.28. The van der Waals surface area contributed by atoms with Gasteiger partial charge in [0.1, 0.15) is 0 Å². The summed E-state index contributed by atoms with van der Waals surface area (Å²) in [5.41, 5.74) is 14.7. The van der Waals surface area contributed by atoms with Gasteiger partial charge in [0.05, 0.1) is 16.7 Å². The van der Waals surface area contributed by atoms with Gasteiger partial charge in [0.2, 0.25) is 0 Å². The second kappa shape index (κ2) is 21.7. The Bertz CT molecular complexity index is 2560. The van der Waals surface area contributed by atoms with E-state index in [2.05, 4.69) is 215 Å². The van der Waals surface area contributed by atoms with E-state index in [9.17, 15) is 0 Å². The topological polar surface area (TPSA) is 32.0 Å². The highest BCUT2D eigenvalue weighted by molar-refractivity contribution is 6.15. The molecule has 0 atom stereocenters. The second-order valence-electron chi connectivity index (χ2n) is 14.3. The number of rotatable bonds is 7. The number of allylic oxidation sites excluding steroid dienone is 6. The van der Waals surface area contributed by atoms with Crippen LogP contribution in [-0.4, -0.2) is 10.8 Å². The van der Waals surface area contributed by atoms with E-state index in [0.717, 1.165) is 57.8 Å². The van der Waals surface area contributed by atoms with Crippen molar-refractivity contribution in [3.63, 3.8) is 0 Å². The fraction of sp³-hybridized carbons (Fsp3) is 0.161. The predicted molar refractivity (Wildman–Crippen MR) is 261 cm³/mol. The molecule has 59 heavy (non-hydrogen) atoms. The van der Waals surface area contributed by atoms with Crippen molar-refractivity contribution in [2.24, 2.45) is 0 Å². The number of hydrogen-bond donors (Lipinski definition) is 1. The molecule has 1 aliphatic heterocycles. The number of benzene rings is 6. The molecule has 8 rings (SSSR count). The predicted octanol–water partition coefficient (Wildman–Crippen LogP) is 16.0. The molecule has 3 nitrogen and oxygen atoms in total. The standard InChI is InChI=1S/C42H35N3.C8H10.C4H10.C2H4/c1-4-35(28-43)45-41-17-11-9-15-37(41)38-25-23-34(26-42(38)45)31-20-19-30(3)44(40-16-10-8-14-33(40)22-21-31)36-24-18-29(2)39(27-36)32-12-6-5-7-13-32;1-2-8-6-4-3-5-7-8;1-3-4-2;1-2/h4-21,23-28,43H,3,22H2,1-2H3;3-7H,2H2,1H3;3-4H2,1-2H3;1-2H2/b20-19-,31-21+,35-4+,43-28?;;;. The van der Waals surface area contributed by atoms with Crippen molar-refractivity contribution < 1.29 is 0 Å². The molecule has 0 saturated heterocycles. The van der Waals surface area contributed by atoms with Crippen LogP contribution in [0.25, 0.3) is 44.2 Å². The van der Waals surface area contributed by atoms with Gasteiger partial charge in [-0.25, -0.2) is 0 Å². The Balaban J connectivity index is 0.000000407. The molecule has 7 aromatic rings. The Morgan fingerprint density at radius 3 is 1.98 bits per heavy atom. The highest BCUT2D eigenvalue weighted by atomic mass is 15.1. The largest absolute Gasteiger partial charge is 0.311 e. The highest BCUT2D eigenvalue weighted by Gasteiger charge is 2.19. The first-order valence-electron chi connectivity index (χ1n) is 20.8. The molecule has 3 heteroatoms.